The number of alkyl halides is 3. The fourth-order valence-corrected chi connectivity index (χ4v) is 4.03. The number of amidine groups is 1. The number of nitrogens with zero attached hydrogens (tertiary/aromatic N) is 4. The molecule has 0 bridgehead atoms. The first-order valence-corrected chi connectivity index (χ1v) is 15.6. The predicted octanol–water partition coefficient (Wildman–Crippen LogP) is 4.94. The van der Waals surface area contributed by atoms with Crippen LogP contribution in [0.1, 0.15) is 19.5 Å². The van der Waals surface area contributed by atoms with Crippen LogP contribution in [-0.4, -0.2) is 78.6 Å². The maximum absolute atomic E-state index is 13.4. The molecule has 0 spiro atoms. The van der Waals surface area contributed by atoms with Gasteiger partial charge in [-0.1, -0.05) is 19.6 Å². The Hall–Kier alpha value is -2.99. The summed E-state index contributed by atoms with van der Waals surface area (Å²) in [5.74, 6) is -0.338. The zero-order chi connectivity index (χ0) is 27.4. The Bertz CT molecular complexity index is 1100. The summed E-state index contributed by atoms with van der Waals surface area (Å²) in [4.78, 5) is 25.3. The second kappa shape index (κ2) is 11.2. The van der Waals surface area contributed by atoms with Crippen LogP contribution < -0.4 is 4.74 Å². The van der Waals surface area contributed by atoms with Crippen LogP contribution >= 0.6 is 0 Å². The summed E-state index contributed by atoms with van der Waals surface area (Å²) in [5, 5.41) is 9.20. The van der Waals surface area contributed by atoms with E-state index in [-0.39, 0.29) is 31.4 Å². The van der Waals surface area contributed by atoms with Crippen LogP contribution in [-0.2, 0) is 9.53 Å². The molecule has 1 aromatic heterocycles. The van der Waals surface area contributed by atoms with Crippen LogP contribution in [0.2, 0.25) is 25.7 Å². The van der Waals surface area contributed by atoms with Gasteiger partial charge in [0, 0.05) is 20.2 Å². The molecule has 1 aliphatic rings. The summed E-state index contributed by atoms with van der Waals surface area (Å²) in [6.07, 6.45) is -1.58. The summed E-state index contributed by atoms with van der Waals surface area (Å²) in [6.45, 7) is 9.93. The second-order valence-electron chi connectivity index (χ2n) is 10.9. The molecule has 8 nitrogen and oxygen atoms in total. The average Bonchev–Trinajstić information content (AvgIpc) is 3.25. The van der Waals surface area contributed by atoms with Crippen molar-refractivity contribution in [1.29, 1.82) is 0 Å². The molecule has 1 atom stereocenters. The van der Waals surface area contributed by atoms with E-state index in [4.69, 9.17) is 9.47 Å². The van der Waals surface area contributed by atoms with Gasteiger partial charge in [-0.25, -0.2) is 4.98 Å². The lowest BCUT2D eigenvalue weighted by atomic mass is 9.95. The smallest absolute Gasteiger partial charge is 0.412 e. The van der Waals surface area contributed by atoms with Crippen molar-refractivity contribution in [2.45, 2.75) is 51.8 Å². The highest BCUT2D eigenvalue weighted by Crippen LogP contribution is 2.29. The van der Waals surface area contributed by atoms with Crippen LogP contribution in [0.25, 0.3) is 11.3 Å². The number of aliphatic imine (C=N–C) groups is 1. The van der Waals surface area contributed by atoms with E-state index < -0.39 is 31.7 Å². The van der Waals surface area contributed by atoms with E-state index in [0.29, 0.717) is 18.1 Å². The lowest BCUT2D eigenvalue weighted by Crippen LogP contribution is -2.37. The van der Waals surface area contributed by atoms with Gasteiger partial charge in [-0.05, 0) is 44.2 Å². The molecular weight excluding hydrogens is 505 g/mol. The normalized spacial score (nSPS) is 16.6. The zero-order valence-corrected chi connectivity index (χ0v) is 22.7. The minimum atomic E-state index is -4.46. The summed E-state index contributed by atoms with van der Waals surface area (Å²) in [5.41, 5.74) is 0.448. The van der Waals surface area contributed by atoms with Crippen molar-refractivity contribution in [2.24, 2.45) is 10.4 Å². The minimum Gasteiger partial charge on any atom is -0.492 e. The highest BCUT2D eigenvalue weighted by molar-refractivity contribution is 6.76. The van der Waals surface area contributed by atoms with Crippen LogP contribution in [0.4, 0.5) is 13.2 Å². The van der Waals surface area contributed by atoms with Gasteiger partial charge in [-0.3, -0.25) is 14.8 Å². The molecule has 1 N–H and O–H groups in total. The molecule has 0 aliphatic carbocycles. The molecule has 3 rings (SSSR count). The van der Waals surface area contributed by atoms with Gasteiger partial charge in [0.1, 0.15) is 24.8 Å². The summed E-state index contributed by atoms with van der Waals surface area (Å²) < 4.78 is 51.5. The standard InChI is InChI=1S/C25H33F3N4O4Si/c1-24(2,23(33)34)15-36-18-8-6-17(7-9-18)19-12-30-20(13-29-19)22-31-21(25(26,27)28)14-32(22)16-35-10-11-37(3,4)5/h6-9,12-13,21H,10-11,14-16H2,1-5H3,(H,33,34). The summed E-state index contributed by atoms with van der Waals surface area (Å²) in [7, 11) is -1.33. The number of hydrogen-bond donors (Lipinski definition) is 1. The number of benzene rings is 1. The first kappa shape index (κ1) is 28.6. The third-order valence-electron chi connectivity index (χ3n) is 5.80. The SMILES string of the molecule is CC(C)(COc1ccc(-c2cnc(C3=NC(C(F)(F)F)CN3COCC[Si](C)(C)C)cn2)cc1)C(=O)O. The number of halogens is 3. The maximum atomic E-state index is 13.4. The molecule has 2 aromatic rings. The van der Waals surface area contributed by atoms with Crippen molar-refractivity contribution in [2.75, 3.05) is 26.5 Å². The van der Waals surface area contributed by atoms with Crippen LogP contribution in [0.5, 0.6) is 5.75 Å². The van der Waals surface area contributed by atoms with Crippen molar-refractivity contribution in [3.63, 3.8) is 0 Å². The first-order valence-electron chi connectivity index (χ1n) is 11.9. The third-order valence-corrected chi connectivity index (χ3v) is 7.51. The first-order chi connectivity index (χ1) is 17.2. The molecular formula is C25H33F3N4O4Si. The van der Waals surface area contributed by atoms with Crippen LogP contribution in [0, 0.1) is 5.41 Å². The van der Waals surface area contributed by atoms with Crippen LogP contribution in [0.3, 0.4) is 0 Å². The van der Waals surface area contributed by atoms with Gasteiger partial charge in [0.2, 0.25) is 0 Å². The topological polar surface area (TPSA) is 97.1 Å². The molecule has 37 heavy (non-hydrogen) atoms. The average molecular weight is 539 g/mol. The fraction of sp³-hybridized carbons (Fsp3) is 0.520. The number of aliphatic carboxylic acids is 1. The maximum Gasteiger partial charge on any atom is 0.412 e. The van der Waals surface area contributed by atoms with Crippen molar-refractivity contribution < 1.29 is 32.5 Å². The van der Waals surface area contributed by atoms with Gasteiger partial charge in [0.25, 0.3) is 0 Å². The summed E-state index contributed by atoms with van der Waals surface area (Å²) >= 11 is 0. The molecule has 1 aliphatic heterocycles. The quantitative estimate of drug-likeness (QED) is 0.320. The molecule has 0 saturated heterocycles. The highest BCUT2D eigenvalue weighted by Gasteiger charge is 2.45. The number of hydrogen-bond acceptors (Lipinski definition) is 7. The Morgan fingerprint density at radius 2 is 1.73 bits per heavy atom. The van der Waals surface area contributed by atoms with E-state index >= 15 is 0 Å². The Kier molecular flexibility index (Phi) is 8.63. The highest BCUT2D eigenvalue weighted by atomic mass is 28.3. The van der Waals surface area contributed by atoms with E-state index in [1.807, 2.05) is 0 Å². The molecule has 1 unspecified atom stereocenters. The minimum absolute atomic E-state index is 0.000525. The van der Waals surface area contributed by atoms with Crippen molar-refractivity contribution >= 4 is 19.9 Å². The van der Waals surface area contributed by atoms with Gasteiger partial charge >= 0.3 is 12.1 Å². The number of carboxylic acids is 1. The van der Waals surface area contributed by atoms with Gasteiger partial charge in [-0.2, -0.15) is 13.2 Å². The van der Waals surface area contributed by atoms with Crippen molar-refractivity contribution in [3.05, 3.63) is 42.4 Å². The lowest BCUT2D eigenvalue weighted by Gasteiger charge is -2.22. The van der Waals surface area contributed by atoms with Gasteiger partial charge in [0.05, 0.1) is 30.0 Å². The van der Waals surface area contributed by atoms with Gasteiger partial charge < -0.3 is 19.5 Å². The predicted molar refractivity (Wildman–Crippen MR) is 136 cm³/mol. The number of aromatic nitrogens is 2. The number of ether oxygens (including phenoxy) is 2. The van der Waals surface area contributed by atoms with Crippen molar-refractivity contribution in [3.8, 4) is 17.0 Å². The monoisotopic (exact) mass is 538 g/mol. The largest absolute Gasteiger partial charge is 0.492 e. The Morgan fingerprint density at radius 1 is 1.11 bits per heavy atom. The molecule has 12 heteroatoms. The van der Waals surface area contributed by atoms with E-state index in [0.717, 1.165) is 11.6 Å². The molecule has 0 radical (unpaired) electrons. The molecule has 2 heterocycles. The van der Waals surface area contributed by atoms with E-state index in [9.17, 15) is 23.1 Å². The fourth-order valence-electron chi connectivity index (χ4n) is 3.28. The third kappa shape index (κ3) is 7.99. The Labute approximate surface area is 215 Å². The number of carbonyl (C=O) groups is 1. The van der Waals surface area contributed by atoms with Gasteiger partial charge in [0.15, 0.2) is 11.9 Å². The Morgan fingerprint density at radius 3 is 2.27 bits per heavy atom. The van der Waals surface area contributed by atoms with Crippen molar-refractivity contribution in [1.82, 2.24) is 14.9 Å². The van der Waals surface area contributed by atoms with E-state index in [1.165, 1.54) is 17.3 Å². The molecule has 1 aromatic carbocycles. The van der Waals surface area contributed by atoms with Gasteiger partial charge in [-0.15, -0.1) is 0 Å². The molecule has 0 fully saturated rings. The second-order valence-corrected chi connectivity index (χ2v) is 16.5. The van der Waals surface area contributed by atoms with E-state index in [2.05, 4.69) is 34.6 Å². The molecule has 0 amide bonds. The van der Waals surface area contributed by atoms with E-state index in [1.54, 1.807) is 38.1 Å². The number of rotatable bonds is 11. The molecule has 202 valence electrons. The zero-order valence-electron chi connectivity index (χ0n) is 21.7. The molecule has 0 saturated carbocycles. The lowest BCUT2D eigenvalue weighted by molar-refractivity contribution is -0.148. The Balaban J connectivity index is 1.70. The summed E-state index contributed by atoms with van der Waals surface area (Å²) in [6, 6.07) is 5.94. The number of carboxylic acid groups (broad SMARTS) is 1. The van der Waals surface area contributed by atoms with Crippen LogP contribution in [0.15, 0.2) is 41.7 Å².